The highest BCUT2D eigenvalue weighted by Gasteiger charge is 2.11. The molecule has 0 fully saturated rings. The maximum Gasteiger partial charge on any atom is 0.178 e. The number of Topliss-reactive ketones (excluding diaryl/α,β-unsaturated/α-hetero) is 1. The van der Waals surface area contributed by atoms with E-state index >= 15 is 0 Å². The molecule has 4 heteroatoms. The van der Waals surface area contributed by atoms with Crippen molar-refractivity contribution in [3.05, 3.63) is 29.6 Å². The molecule has 1 rings (SSSR count). The molecule has 2 N–H and O–H groups in total. The smallest absolute Gasteiger partial charge is 0.178 e. The molecule has 1 aromatic rings. The number of rotatable bonds is 3. The molecule has 0 aliphatic carbocycles. The molecule has 76 valence electrons. The average molecular weight is 196 g/mol. The Morgan fingerprint density at radius 3 is 2.64 bits per heavy atom. The summed E-state index contributed by atoms with van der Waals surface area (Å²) in [6.07, 6.45) is 0. The predicted molar refractivity (Wildman–Crippen MR) is 54.1 cm³/mol. The summed E-state index contributed by atoms with van der Waals surface area (Å²) < 4.78 is 12.9. The number of ketones is 1. The van der Waals surface area contributed by atoms with E-state index in [1.165, 1.54) is 18.2 Å². The van der Waals surface area contributed by atoms with Gasteiger partial charge in [-0.05, 0) is 18.2 Å². The Kier molecular flexibility index (Phi) is 3.19. The zero-order valence-corrected chi connectivity index (χ0v) is 8.25. The molecule has 0 bridgehead atoms. The van der Waals surface area contributed by atoms with Crippen molar-refractivity contribution in [2.75, 3.05) is 25.5 Å². The summed E-state index contributed by atoms with van der Waals surface area (Å²) >= 11 is 0. The number of carbonyl (C=O) groups excluding carboxylic acids is 1. The van der Waals surface area contributed by atoms with Crippen LogP contribution in [0.1, 0.15) is 10.4 Å². The van der Waals surface area contributed by atoms with Crippen molar-refractivity contribution in [2.24, 2.45) is 5.73 Å². The molecule has 0 aliphatic heterocycles. The van der Waals surface area contributed by atoms with Crippen molar-refractivity contribution in [2.45, 2.75) is 0 Å². The maximum absolute atomic E-state index is 12.9. The summed E-state index contributed by atoms with van der Waals surface area (Å²) in [5.41, 5.74) is 6.26. The Hall–Kier alpha value is -1.42. The lowest BCUT2D eigenvalue weighted by Gasteiger charge is -2.16. The van der Waals surface area contributed by atoms with E-state index in [2.05, 4.69) is 0 Å². The Morgan fingerprint density at radius 1 is 1.50 bits per heavy atom. The number of carbonyl (C=O) groups is 1. The molecule has 0 aliphatic rings. The predicted octanol–water partition coefficient (Wildman–Crippen LogP) is 1.03. The van der Waals surface area contributed by atoms with Crippen molar-refractivity contribution < 1.29 is 9.18 Å². The molecule has 0 aromatic heterocycles. The van der Waals surface area contributed by atoms with Crippen LogP contribution in [0.3, 0.4) is 0 Å². The first-order valence-corrected chi connectivity index (χ1v) is 4.26. The molecular formula is C10H13FN2O. The number of nitrogens with zero attached hydrogens (tertiary/aromatic N) is 1. The van der Waals surface area contributed by atoms with Gasteiger partial charge in [0.1, 0.15) is 5.82 Å². The van der Waals surface area contributed by atoms with Crippen LogP contribution in [0.25, 0.3) is 0 Å². The fraction of sp³-hybridized carbons (Fsp3) is 0.300. The summed E-state index contributed by atoms with van der Waals surface area (Å²) in [6.45, 7) is -0.0630. The van der Waals surface area contributed by atoms with Gasteiger partial charge in [-0.1, -0.05) is 0 Å². The first kappa shape index (κ1) is 10.7. The number of nitrogens with two attached hydrogens (primary N) is 1. The van der Waals surface area contributed by atoms with E-state index in [0.717, 1.165) is 0 Å². The molecule has 0 atom stereocenters. The van der Waals surface area contributed by atoms with E-state index in [1.54, 1.807) is 19.0 Å². The van der Waals surface area contributed by atoms with E-state index in [0.29, 0.717) is 11.3 Å². The quantitative estimate of drug-likeness (QED) is 0.734. The zero-order chi connectivity index (χ0) is 10.7. The van der Waals surface area contributed by atoms with Gasteiger partial charge < -0.3 is 10.6 Å². The van der Waals surface area contributed by atoms with E-state index < -0.39 is 0 Å². The van der Waals surface area contributed by atoms with Crippen LogP contribution in [-0.2, 0) is 0 Å². The minimum Gasteiger partial charge on any atom is -0.377 e. The molecule has 0 saturated heterocycles. The van der Waals surface area contributed by atoms with Crippen molar-refractivity contribution in [1.82, 2.24) is 0 Å². The van der Waals surface area contributed by atoms with Crippen LogP contribution in [0.5, 0.6) is 0 Å². The number of benzene rings is 1. The Morgan fingerprint density at radius 2 is 2.14 bits per heavy atom. The van der Waals surface area contributed by atoms with Crippen LogP contribution in [0.4, 0.5) is 10.1 Å². The summed E-state index contributed by atoms with van der Waals surface area (Å²) in [6, 6.07) is 4.04. The van der Waals surface area contributed by atoms with Gasteiger partial charge in [-0.25, -0.2) is 4.39 Å². The fourth-order valence-corrected chi connectivity index (χ4v) is 1.22. The van der Waals surface area contributed by atoms with Gasteiger partial charge in [0, 0.05) is 19.7 Å². The van der Waals surface area contributed by atoms with E-state index in [9.17, 15) is 9.18 Å². The second-order valence-corrected chi connectivity index (χ2v) is 3.18. The maximum atomic E-state index is 12.9. The fourth-order valence-electron chi connectivity index (χ4n) is 1.22. The van der Waals surface area contributed by atoms with Gasteiger partial charge in [0.25, 0.3) is 0 Å². The zero-order valence-electron chi connectivity index (χ0n) is 8.25. The second kappa shape index (κ2) is 4.19. The normalized spacial score (nSPS) is 10.0. The van der Waals surface area contributed by atoms with E-state index in [-0.39, 0.29) is 18.1 Å². The van der Waals surface area contributed by atoms with Gasteiger partial charge in [0.2, 0.25) is 0 Å². The SMILES string of the molecule is CN(C)c1cc(F)ccc1C(=O)CN. The van der Waals surface area contributed by atoms with Crippen molar-refractivity contribution >= 4 is 11.5 Å². The standard InChI is InChI=1S/C10H13FN2O/c1-13(2)9-5-7(11)3-4-8(9)10(14)6-12/h3-5H,6,12H2,1-2H3. The van der Waals surface area contributed by atoms with Crippen LogP contribution < -0.4 is 10.6 Å². The third-order valence-corrected chi connectivity index (χ3v) is 1.93. The third-order valence-electron chi connectivity index (χ3n) is 1.93. The lowest BCUT2D eigenvalue weighted by molar-refractivity contribution is 0.100. The number of halogens is 1. The topological polar surface area (TPSA) is 46.3 Å². The summed E-state index contributed by atoms with van der Waals surface area (Å²) in [4.78, 5) is 13.1. The molecule has 0 unspecified atom stereocenters. The van der Waals surface area contributed by atoms with Crippen molar-refractivity contribution in [3.63, 3.8) is 0 Å². The molecule has 0 heterocycles. The van der Waals surface area contributed by atoms with Gasteiger partial charge in [0.05, 0.1) is 12.2 Å². The van der Waals surface area contributed by atoms with E-state index in [1.807, 2.05) is 0 Å². The van der Waals surface area contributed by atoms with Gasteiger partial charge >= 0.3 is 0 Å². The molecule has 1 aromatic carbocycles. The van der Waals surface area contributed by atoms with Crippen LogP contribution in [0, 0.1) is 5.82 Å². The van der Waals surface area contributed by atoms with E-state index in [4.69, 9.17) is 5.73 Å². The van der Waals surface area contributed by atoms with Gasteiger partial charge in [-0.2, -0.15) is 0 Å². The minimum atomic E-state index is -0.359. The van der Waals surface area contributed by atoms with Gasteiger partial charge in [0.15, 0.2) is 5.78 Å². The Bertz CT molecular complexity index is 350. The molecule has 0 radical (unpaired) electrons. The Balaban J connectivity index is 3.21. The molecule has 0 spiro atoms. The molecule has 0 amide bonds. The van der Waals surface area contributed by atoms with Crippen molar-refractivity contribution in [1.29, 1.82) is 0 Å². The van der Waals surface area contributed by atoms with Crippen LogP contribution in [0.15, 0.2) is 18.2 Å². The number of anilines is 1. The van der Waals surface area contributed by atoms with Crippen molar-refractivity contribution in [3.8, 4) is 0 Å². The largest absolute Gasteiger partial charge is 0.377 e. The number of hydrogen-bond donors (Lipinski definition) is 1. The lowest BCUT2D eigenvalue weighted by atomic mass is 10.1. The summed E-state index contributed by atoms with van der Waals surface area (Å²) in [7, 11) is 3.50. The first-order valence-electron chi connectivity index (χ1n) is 4.26. The second-order valence-electron chi connectivity index (χ2n) is 3.18. The van der Waals surface area contributed by atoms with Gasteiger partial charge in [-0.3, -0.25) is 4.79 Å². The van der Waals surface area contributed by atoms with Gasteiger partial charge in [-0.15, -0.1) is 0 Å². The first-order chi connectivity index (χ1) is 6.56. The van der Waals surface area contributed by atoms with Crippen LogP contribution >= 0.6 is 0 Å². The molecule has 3 nitrogen and oxygen atoms in total. The third kappa shape index (κ3) is 2.09. The van der Waals surface area contributed by atoms with Crippen LogP contribution in [0.2, 0.25) is 0 Å². The highest BCUT2D eigenvalue weighted by Crippen LogP contribution is 2.19. The molecule has 0 saturated carbocycles. The monoisotopic (exact) mass is 196 g/mol. The Labute approximate surface area is 82.3 Å². The number of hydrogen-bond acceptors (Lipinski definition) is 3. The molecule has 14 heavy (non-hydrogen) atoms. The lowest BCUT2D eigenvalue weighted by Crippen LogP contribution is -2.19. The minimum absolute atomic E-state index is 0.0630. The highest BCUT2D eigenvalue weighted by atomic mass is 19.1. The average Bonchev–Trinajstić information content (AvgIpc) is 2.16. The highest BCUT2D eigenvalue weighted by molar-refractivity contribution is 6.02. The summed E-state index contributed by atoms with van der Waals surface area (Å²) in [5, 5.41) is 0. The molecular weight excluding hydrogens is 183 g/mol. The van der Waals surface area contributed by atoms with Crippen LogP contribution in [-0.4, -0.2) is 26.4 Å². The summed E-state index contributed by atoms with van der Waals surface area (Å²) in [5.74, 6) is -0.545.